The van der Waals surface area contributed by atoms with E-state index in [9.17, 15) is 0 Å². The Kier molecular flexibility index (Phi) is 16.6. The molecule has 0 saturated carbocycles. The molecule has 0 aliphatic heterocycles. The summed E-state index contributed by atoms with van der Waals surface area (Å²) in [6.45, 7) is 12.2. The van der Waals surface area contributed by atoms with E-state index in [0.29, 0.717) is 19.8 Å². The molecule has 107 valence electrons. The molecule has 0 aliphatic rings. The molecule has 18 heavy (non-hydrogen) atoms. The Bertz CT molecular complexity index is 139. The van der Waals surface area contributed by atoms with Gasteiger partial charge in [-0.15, -0.1) is 0 Å². The van der Waals surface area contributed by atoms with E-state index in [2.05, 4.69) is 27.7 Å². The smallest absolute Gasteiger partial charge is 0.283 e. The van der Waals surface area contributed by atoms with Crippen LogP contribution in [0.4, 0.5) is 0 Å². The SMILES string of the molecule is [CH2]C(OCCCC)(OCCCC)OCCCC.[Zr]. The Morgan fingerprint density at radius 2 is 1.00 bits per heavy atom. The van der Waals surface area contributed by atoms with Gasteiger partial charge in [-0.1, -0.05) is 40.0 Å². The maximum absolute atomic E-state index is 5.61. The number of rotatable bonds is 12. The van der Waals surface area contributed by atoms with E-state index >= 15 is 0 Å². The second kappa shape index (κ2) is 14.2. The molecular weight excluding hydrogens is 307 g/mol. The third-order valence-corrected chi connectivity index (χ3v) is 2.46. The third kappa shape index (κ3) is 11.8. The summed E-state index contributed by atoms with van der Waals surface area (Å²) < 4.78 is 16.8. The second-order valence-corrected chi connectivity index (χ2v) is 4.29. The Morgan fingerprint density at radius 1 is 0.722 bits per heavy atom. The Hall–Kier alpha value is 0.763. The van der Waals surface area contributed by atoms with Gasteiger partial charge < -0.3 is 14.2 Å². The van der Waals surface area contributed by atoms with Crippen LogP contribution in [0.3, 0.4) is 0 Å². The molecule has 0 spiro atoms. The molecule has 0 saturated heterocycles. The molecule has 0 heterocycles. The van der Waals surface area contributed by atoms with Crippen LogP contribution in [-0.2, 0) is 40.4 Å². The minimum atomic E-state index is -1.10. The largest absolute Gasteiger partial charge is 0.327 e. The van der Waals surface area contributed by atoms with Crippen molar-refractivity contribution in [2.75, 3.05) is 19.8 Å². The maximum atomic E-state index is 5.61. The van der Waals surface area contributed by atoms with E-state index in [1.54, 1.807) is 0 Å². The predicted molar refractivity (Wildman–Crippen MR) is 70.7 cm³/mol. The first-order valence-corrected chi connectivity index (χ1v) is 6.95. The van der Waals surface area contributed by atoms with Gasteiger partial charge in [-0.25, -0.2) is 0 Å². The van der Waals surface area contributed by atoms with Gasteiger partial charge in [0.1, 0.15) is 0 Å². The zero-order valence-electron chi connectivity index (χ0n) is 12.3. The van der Waals surface area contributed by atoms with Gasteiger partial charge in [0.15, 0.2) is 0 Å². The predicted octanol–water partition coefficient (Wildman–Crippen LogP) is 3.92. The minimum absolute atomic E-state index is 0. The molecule has 0 unspecified atom stereocenters. The van der Waals surface area contributed by atoms with E-state index in [1.165, 1.54) is 0 Å². The van der Waals surface area contributed by atoms with E-state index in [1.807, 2.05) is 0 Å². The molecule has 0 fully saturated rings. The van der Waals surface area contributed by atoms with Crippen molar-refractivity contribution in [3.63, 3.8) is 0 Å². The van der Waals surface area contributed by atoms with E-state index in [-0.39, 0.29) is 26.2 Å². The number of ether oxygens (including phenoxy) is 3. The molecule has 0 aliphatic carbocycles. The van der Waals surface area contributed by atoms with Crippen LogP contribution in [0.15, 0.2) is 0 Å². The molecule has 0 bridgehead atoms. The quantitative estimate of drug-likeness (QED) is 0.399. The second-order valence-electron chi connectivity index (χ2n) is 4.29. The average Bonchev–Trinajstić information content (AvgIpc) is 2.30. The van der Waals surface area contributed by atoms with E-state index in [4.69, 9.17) is 14.2 Å². The summed E-state index contributed by atoms with van der Waals surface area (Å²) >= 11 is 0. The van der Waals surface area contributed by atoms with Gasteiger partial charge in [0.05, 0.1) is 19.8 Å². The van der Waals surface area contributed by atoms with Crippen LogP contribution in [0.2, 0.25) is 0 Å². The fraction of sp³-hybridized carbons (Fsp3) is 0.929. The molecule has 0 aromatic carbocycles. The first-order chi connectivity index (χ1) is 8.18. The van der Waals surface area contributed by atoms with Crippen LogP contribution >= 0.6 is 0 Å². The van der Waals surface area contributed by atoms with Crippen LogP contribution in [0, 0.1) is 6.92 Å². The first kappa shape index (κ1) is 21.1. The molecule has 3 nitrogen and oxygen atoms in total. The Balaban J connectivity index is 0. The van der Waals surface area contributed by atoms with Gasteiger partial charge in [0, 0.05) is 33.1 Å². The molecular formula is C14H29O3Zr. The number of hydrogen-bond acceptors (Lipinski definition) is 3. The van der Waals surface area contributed by atoms with Gasteiger partial charge in [-0.05, 0) is 19.3 Å². The summed E-state index contributed by atoms with van der Waals surface area (Å²) in [5, 5.41) is 0. The van der Waals surface area contributed by atoms with Crippen molar-refractivity contribution in [1.82, 2.24) is 0 Å². The summed E-state index contributed by atoms with van der Waals surface area (Å²) in [7, 11) is 0. The van der Waals surface area contributed by atoms with Gasteiger partial charge in [0.25, 0.3) is 5.97 Å². The Labute approximate surface area is 132 Å². The van der Waals surface area contributed by atoms with Crippen molar-refractivity contribution in [3.05, 3.63) is 6.92 Å². The summed E-state index contributed by atoms with van der Waals surface area (Å²) in [5.74, 6) is -1.10. The van der Waals surface area contributed by atoms with Crippen molar-refractivity contribution in [1.29, 1.82) is 0 Å². The fourth-order valence-electron chi connectivity index (χ4n) is 1.24. The number of unbranched alkanes of at least 4 members (excludes halogenated alkanes) is 3. The molecule has 0 atom stereocenters. The summed E-state index contributed by atoms with van der Waals surface area (Å²) in [6.07, 6.45) is 6.31. The maximum Gasteiger partial charge on any atom is 0.283 e. The van der Waals surface area contributed by atoms with Crippen LogP contribution < -0.4 is 0 Å². The third-order valence-electron chi connectivity index (χ3n) is 2.46. The monoisotopic (exact) mass is 335 g/mol. The van der Waals surface area contributed by atoms with Crippen molar-refractivity contribution >= 4 is 0 Å². The van der Waals surface area contributed by atoms with E-state index < -0.39 is 5.97 Å². The van der Waals surface area contributed by atoms with Crippen LogP contribution in [-0.4, -0.2) is 25.8 Å². The molecule has 0 N–H and O–H groups in total. The minimum Gasteiger partial charge on any atom is -0.327 e. The Morgan fingerprint density at radius 3 is 1.22 bits per heavy atom. The van der Waals surface area contributed by atoms with Crippen LogP contribution in [0.1, 0.15) is 59.3 Å². The topological polar surface area (TPSA) is 27.7 Å². The van der Waals surface area contributed by atoms with Crippen LogP contribution in [0.5, 0.6) is 0 Å². The van der Waals surface area contributed by atoms with Crippen molar-refractivity contribution in [2.24, 2.45) is 0 Å². The van der Waals surface area contributed by atoms with Crippen molar-refractivity contribution in [2.45, 2.75) is 65.3 Å². The average molecular weight is 337 g/mol. The molecule has 0 aromatic rings. The van der Waals surface area contributed by atoms with Gasteiger partial charge in [0.2, 0.25) is 0 Å². The van der Waals surface area contributed by atoms with Crippen molar-refractivity contribution in [3.8, 4) is 0 Å². The fourth-order valence-corrected chi connectivity index (χ4v) is 1.24. The molecule has 0 rings (SSSR count). The normalized spacial score (nSPS) is 11.3. The van der Waals surface area contributed by atoms with E-state index in [0.717, 1.165) is 38.5 Å². The molecule has 0 aromatic heterocycles. The molecule has 4 heteroatoms. The summed E-state index contributed by atoms with van der Waals surface area (Å²) in [4.78, 5) is 0. The van der Waals surface area contributed by atoms with Gasteiger partial charge in [-0.3, -0.25) is 0 Å². The summed E-state index contributed by atoms with van der Waals surface area (Å²) in [5.41, 5.74) is 0. The molecule has 0 amide bonds. The first-order valence-electron chi connectivity index (χ1n) is 6.95. The zero-order chi connectivity index (χ0) is 13.0. The van der Waals surface area contributed by atoms with Crippen LogP contribution in [0.25, 0.3) is 0 Å². The summed E-state index contributed by atoms with van der Waals surface area (Å²) in [6, 6.07) is 0. The van der Waals surface area contributed by atoms with Gasteiger partial charge >= 0.3 is 0 Å². The number of hydrogen-bond donors (Lipinski definition) is 0. The zero-order valence-corrected chi connectivity index (χ0v) is 14.8. The van der Waals surface area contributed by atoms with Gasteiger partial charge in [-0.2, -0.15) is 0 Å². The standard InChI is InChI=1S/C14H29O3.Zr/c1-5-8-11-15-14(4,16-12-9-6-2)17-13-10-7-3;/h4-13H2,1-3H3;. The van der Waals surface area contributed by atoms with Crippen molar-refractivity contribution < 1.29 is 40.4 Å². The molecule has 1 radical (unpaired) electrons.